The Morgan fingerprint density at radius 3 is 2.52 bits per heavy atom. The van der Waals surface area contributed by atoms with Crippen LogP contribution >= 0.6 is 15.9 Å². The van der Waals surface area contributed by atoms with Crippen molar-refractivity contribution in [2.24, 2.45) is 0 Å². The number of nitrogens with one attached hydrogen (secondary N) is 1. The van der Waals surface area contributed by atoms with E-state index in [1.165, 1.54) is 0 Å². The summed E-state index contributed by atoms with van der Waals surface area (Å²) in [7, 11) is 1.58. The van der Waals surface area contributed by atoms with Crippen LogP contribution in [-0.4, -0.2) is 31.3 Å². The minimum absolute atomic E-state index is 0.114. The molecule has 0 aliphatic heterocycles. The fourth-order valence-electron chi connectivity index (χ4n) is 2.12. The molecule has 0 bridgehead atoms. The van der Waals surface area contributed by atoms with E-state index in [-0.39, 0.29) is 19.1 Å². The molecule has 0 aromatic heterocycles. The van der Waals surface area contributed by atoms with Gasteiger partial charge >= 0.3 is 0 Å². The van der Waals surface area contributed by atoms with Crippen molar-refractivity contribution in [2.45, 2.75) is 13.5 Å². The number of carbonyl (C=O) groups excluding carboxylic acids is 1. The van der Waals surface area contributed by atoms with E-state index >= 15 is 0 Å². The van der Waals surface area contributed by atoms with Crippen molar-refractivity contribution < 1.29 is 24.1 Å². The summed E-state index contributed by atoms with van der Waals surface area (Å²) < 4.78 is 16.8. The quantitative estimate of drug-likeness (QED) is 0.698. The van der Waals surface area contributed by atoms with Crippen LogP contribution in [0.3, 0.4) is 0 Å². The van der Waals surface area contributed by atoms with Crippen LogP contribution in [0.1, 0.15) is 12.5 Å². The lowest BCUT2D eigenvalue weighted by Gasteiger charge is -2.15. The van der Waals surface area contributed by atoms with Crippen LogP contribution < -0.4 is 19.5 Å². The first kappa shape index (κ1) is 19.1. The fraction of sp³-hybridized carbons (Fsp3) is 0.278. The van der Waals surface area contributed by atoms with Gasteiger partial charge in [-0.15, -0.1) is 0 Å². The third-order valence-electron chi connectivity index (χ3n) is 3.27. The Labute approximate surface area is 154 Å². The highest BCUT2D eigenvalue weighted by molar-refractivity contribution is 9.10. The number of halogens is 1. The maximum Gasteiger partial charge on any atom is 0.262 e. The zero-order valence-corrected chi connectivity index (χ0v) is 15.6. The molecular formula is C18H20BrNO5. The fourth-order valence-corrected chi connectivity index (χ4v) is 2.73. The molecule has 0 saturated carbocycles. The number of aliphatic hydroxyl groups is 1. The molecule has 0 fully saturated rings. The monoisotopic (exact) mass is 409 g/mol. The predicted molar refractivity (Wildman–Crippen MR) is 98.4 cm³/mol. The summed E-state index contributed by atoms with van der Waals surface area (Å²) >= 11 is 3.38. The number of hydrogen-bond acceptors (Lipinski definition) is 5. The van der Waals surface area contributed by atoms with Gasteiger partial charge in [0.25, 0.3) is 5.91 Å². The zero-order chi connectivity index (χ0) is 18.2. The Kier molecular flexibility index (Phi) is 7.09. The van der Waals surface area contributed by atoms with Gasteiger partial charge < -0.3 is 24.6 Å². The summed E-state index contributed by atoms with van der Waals surface area (Å²) in [5, 5.41) is 12.0. The smallest absolute Gasteiger partial charge is 0.262 e. The average Bonchev–Trinajstić information content (AvgIpc) is 2.61. The van der Waals surface area contributed by atoms with Crippen LogP contribution in [0, 0.1) is 0 Å². The molecule has 2 aromatic carbocycles. The highest BCUT2D eigenvalue weighted by atomic mass is 79.9. The Balaban J connectivity index is 2.02. The Hall–Kier alpha value is -2.25. The largest absolute Gasteiger partial charge is 0.497 e. The van der Waals surface area contributed by atoms with Gasteiger partial charge in [0.15, 0.2) is 18.1 Å². The van der Waals surface area contributed by atoms with Crippen LogP contribution in [0.25, 0.3) is 0 Å². The highest BCUT2D eigenvalue weighted by Gasteiger charge is 2.14. The van der Waals surface area contributed by atoms with Crippen LogP contribution in [0.2, 0.25) is 0 Å². The minimum Gasteiger partial charge on any atom is -0.497 e. The van der Waals surface area contributed by atoms with Crippen molar-refractivity contribution in [3.8, 4) is 17.2 Å². The van der Waals surface area contributed by atoms with Crippen molar-refractivity contribution in [2.75, 3.05) is 25.6 Å². The molecule has 2 aromatic rings. The van der Waals surface area contributed by atoms with E-state index in [9.17, 15) is 9.90 Å². The summed E-state index contributed by atoms with van der Waals surface area (Å²) in [5.41, 5.74) is 1.33. The van der Waals surface area contributed by atoms with Gasteiger partial charge in [-0.25, -0.2) is 0 Å². The number of carbonyl (C=O) groups is 1. The number of benzene rings is 2. The second kappa shape index (κ2) is 9.29. The number of methoxy groups -OCH3 is 1. The molecule has 7 heteroatoms. The Bertz CT molecular complexity index is 718. The lowest BCUT2D eigenvalue weighted by atomic mass is 10.2. The van der Waals surface area contributed by atoms with E-state index in [4.69, 9.17) is 14.2 Å². The summed E-state index contributed by atoms with van der Waals surface area (Å²) in [5.74, 6) is 1.30. The third kappa shape index (κ3) is 5.37. The van der Waals surface area contributed by atoms with Gasteiger partial charge in [0, 0.05) is 5.69 Å². The van der Waals surface area contributed by atoms with Gasteiger partial charge in [0.1, 0.15) is 5.75 Å². The van der Waals surface area contributed by atoms with Crippen molar-refractivity contribution in [1.29, 1.82) is 0 Å². The molecule has 0 spiro atoms. The SMILES string of the molecule is CCOc1cc(CO)cc(Br)c1OCC(=O)Nc1ccc(OC)cc1. The van der Waals surface area contributed by atoms with Crippen molar-refractivity contribution in [1.82, 2.24) is 0 Å². The molecule has 0 aliphatic rings. The first-order chi connectivity index (χ1) is 12.1. The lowest BCUT2D eigenvalue weighted by molar-refractivity contribution is -0.118. The van der Waals surface area contributed by atoms with Crippen LogP contribution in [-0.2, 0) is 11.4 Å². The van der Waals surface area contributed by atoms with E-state index in [0.29, 0.717) is 39.6 Å². The molecule has 0 unspecified atom stereocenters. The van der Waals surface area contributed by atoms with Crippen molar-refractivity contribution in [3.63, 3.8) is 0 Å². The number of hydrogen-bond donors (Lipinski definition) is 2. The van der Waals surface area contributed by atoms with Crippen molar-refractivity contribution >= 4 is 27.5 Å². The van der Waals surface area contributed by atoms with Crippen molar-refractivity contribution in [3.05, 3.63) is 46.4 Å². The first-order valence-corrected chi connectivity index (χ1v) is 8.49. The van der Waals surface area contributed by atoms with Crippen LogP contribution in [0.15, 0.2) is 40.9 Å². The second-order valence-electron chi connectivity index (χ2n) is 5.06. The van der Waals surface area contributed by atoms with Crippen LogP contribution in [0.4, 0.5) is 5.69 Å². The van der Waals surface area contributed by atoms with Gasteiger partial charge in [-0.2, -0.15) is 0 Å². The molecule has 6 nitrogen and oxygen atoms in total. The van der Waals surface area contributed by atoms with E-state index in [1.807, 2.05) is 6.92 Å². The number of ether oxygens (including phenoxy) is 3. The summed E-state index contributed by atoms with van der Waals surface area (Å²) in [6.07, 6.45) is 0. The zero-order valence-electron chi connectivity index (χ0n) is 14.0. The van der Waals surface area contributed by atoms with Crippen LogP contribution in [0.5, 0.6) is 17.2 Å². The number of rotatable bonds is 8. The molecule has 0 aliphatic carbocycles. The topological polar surface area (TPSA) is 77.0 Å². The predicted octanol–water partition coefficient (Wildman–Crippen LogP) is 3.37. The molecule has 1 amide bonds. The second-order valence-corrected chi connectivity index (χ2v) is 5.92. The average molecular weight is 410 g/mol. The minimum atomic E-state index is -0.300. The van der Waals surface area contributed by atoms with Gasteiger partial charge in [-0.1, -0.05) is 0 Å². The maximum absolute atomic E-state index is 12.1. The molecule has 0 heterocycles. The van der Waals surface area contributed by atoms with E-state index < -0.39 is 0 Å². The Morgan fingerprint density at radius 1 is 1.20 bits per heavy atom. The third-order valence-corrected chi connectivity index (χ3v) is 3.86. The van der Waals surface area contributed by atoms with Gasteiger partial charge in [0.05, 0.1) is 24.8 Å². The Morgan fingerprint density at radius 2 is 1.92 bits per heavy atom. The maximum atomic E-state index is 12.1. The first-order valence-electron chi connectivity index (χ1n) is 7.70. The van der Waals surface area contributed by atoms with Gasteiger partial charge in [0.2, 0.25) is 0 Å². The summed E-state index contributed by atoms with van der Waals surface area (Å²) in [6, 6.07) is 10.4. The molecule has 0 atom stereocenters. The van der Waals surface area contributed by atoms with E-state index in [1.54, 1.807) is 43.5 Å². The molecule has 134 valence electrons. The summed E-state index contributed by atoms with van der Waals surface area (Å²) in [6.45, 7) is 2.00. The molecular weight excluding hydrogens is 390 g/mol. The number of amides is 1. The normalized spacial score (nSPS) is 10.2. The van der Waals surface area contributed by atoms with Gasteiger partial charge in [-0.05, 0) is 64.8 Å². The molecule has 2 N–H and O–H groups in total. The highest BCUT2D eigenvalue weighted by Crippen LogP contribution is 2.37. The summed E-state index contributed by atoms with van der Waals surface area (Å²) in [4.78, 5) is 12.1. The number of aliphatic hydroxyl groups excluding tert-OH is 1. The van der Waals surface area contributed by atoms with E-state index in [0.717, 1.165) is 0 Å². The molecule has 2 rings (SSSR count). The van der Waals surface area contributed by atoms with E-state index in [2.05, 4.69) is 21.2 Å². The lowest BCUT2D eigenvalue weighted by Crippen LogP contribution is -2.20. The van der Waals surface area contributed by atoms with Gasteiger partial charge in [-0.3, -0.25) is 4.79 Å². The number of anilines is 1. The molecule has 0 radical (unpaired) electrons. The standard InChI is InChI=1S/C18H20BrNO5/c1-3-24-16-9-12(10-21)8-15(19)18(16)25-11-17(22)20-13-4-6-14(23-2)7-5-13/h4-9,21H,3,10-11H2,1-2H3,(H,20,22). The molecule has 25 heavy (non-hydrogen) atoms. The molecule has 0 saturated heterocycles.